The van der Waals surface area contributed by atoms with E-state index >= 15 is 0 Å². The lowest BCUT2D eigenvalue weighted by molar-refractivity contribution is -0.0121. The molecule has 1 aromatic heterocycles. The molecule has 5 nitrogen and oxygen atoms in total. The number of nitrogens with one attached hydrogen (secondary N) is 2. The second-order valence-electron chi connectivity index (χ2n) is 6.26. The number of anilines is 1. The zero-order valence-electron chi connectivity index (χ0n) is 12.5. The van der Waals surface area contributed by atoms with Crippen molar-refractivity contribution >= 4 is 5.69 Å². The molecule has 1 unspecified atom stereocenters. The van der Waals surface area contributed by atoms with Gasteiger partial charge >= 0.3 is 0 Å². The second-order valence-corrected chi connectivity index (χ2v) is 6.26. The third kappa shape index (κ3) is 2.40. The number of para-hydroxylation sites is 1. The third-order valence-corrected chi connectivity index (χ3v) is 4.87. The fraction of sp³-hybridized carbons (Fsp3) is 0.471. The predicted octanol–water partition coefficient (Wildman–Crippen LogP) is 2.09. The van der Waals surface area contributed by atoms with Crippen LogP contribution in [0.25, 0.3) is 0 Å². The molecule has 4 rings (SSSR count). The molecule has 2 aromatic rings. The summed E-state index contributed by atoms with van der Waals surface area (Å²) in [7, 11) is 0. The minimum Gasteiger partial charge on any atom is -0.391 e. The van der Waals surface area contributed by atoms with E-state index < -0.39 is 0 Å². The molecule has 2 heterocycles. The van der Waals surface area contributed by atoms with Gasteiger partial charge in [-0.3, -0.25) is 4.68 Å². The van der Waals surface area contributed by atoms with Crippen LogP contribution in [-0.4, -0.2) is 33.6 Å². The zero-order chi connectivity index (χ0) is 14.9. The van der Waals surface area contributed by atoms with Gasteiger partial charge in [0.25, 0.3) is 0 Å². The number of nitrogens with zero attached hydrogens (tertiary/aromatic N) is 2. The van der Waals surface area contributed by atoms with E-state index in [-0.39, 0.29) is 18.2 Å². The van der Waals surface area contributed by atoms with Gasteiger partial charge in [0.1, 0.15) is 0 Å². The van der Waals surface area contributed by atoms with E-state index in [9.17, 15) is 5.11 Å². The number of aliphatic hydroxyl groups excluding tert-OH is 1. The highest BCUT2D eigenvalue weighted by Crippen LogP contribution is 2.36. The van der Waals surface area contributed by atoms with Crippen molar-refractivity contribution < 1.29 is 5.11 Å². The van der Waals surface area contributed by atoms with Gasteiger partial charge in [0.05, 0.1) is 12.1 Å². The Balaban J connectivity index is 1.54. The fourth-order valence-electron chi connectivity index (χ4n) is 3.67. The van der Waals surface area contributed by atoms with E-state index in [0.717, 1.165) is 25.8 Å². The van der Waals surface area contributed by atoms with Crippen molar-refractivity contribution in [3.05, 3.63) is 48.3 Å². The molecule has 5 heteroatoms. The topological polar surface area (TPSA) is 62.1 Å². The van der Waals surface area contributed by atoms with Crippen LogP contribution in [0.3, 0.4) is 0 Å². The summed E-state index contributed by atoms with van der Waals surface area (Å²) in [5.41, 5.74) is 2.56. The van der Waals surface area contributed by atoms with Crippen molar-refractivity contribution in [2.24, 2.45) is 0 Å². The molecule has 1 fully saturated rings. The summed E-state index contributed by atoms with van der Waals surface area (Å²) in [4.78, 5) is 0. The lowest BCUT2D eigenvalue weighted by Crippen LogP contribution is -2.55. The molecule has 1 aromatic carbocycles. The fourth-order valence-corrected chi connectivity index (χ4v) is 3.67. The summed E-state index contributed by atoms with van der Waals surface area (Å²) < 4.78 is 1.88. The van der Waals surface area contributed by atoms with Crippen LogP contribution >= 0.6 is 0 Å². The zero-order valence-corrected chi connectivity index (χ0v) is 12.5. The van der Waals surface area contributed by atoms with Crippen LogP contribution in [-0.2, 0) is 0 Å². The first-order valence-corrected chi connectivity index (χ1v) is 8.09. The van der Waals surface area contributed by atoms with Crippen LogP contribution in [0.5, 0.6) is 0 Å². The minimum absolute atomic E-state index is 0.0402. The van der Waals surface area contributed by atoms with E-state index in [1.54, 1.807) is 6.20 Å². The molecule has 116 valence electrons. The van der Waals surface area contributed by atoms with Gasteiger partial charge in [-0.25, -0.2) is 0 Å². The van der Waals surface area contributed by atoms with Crippen LogP contribution in [0.4, 0.5) is 5.69 Å². The van der Waals surface area contributed by atoms with E-state index in [0.29, 0.717) is 6.04 Å². The van der Waals surface area contributed by atoms with E-state index in [4.69, 9.17) is 0 Å². The quantitative estimate of drug-likeness (QED) is 0.812. The second kappa shape index (κ2) is 5.74. The lowest BCUT2D eigenvalue weighted by atomic mass is 9.82. The van der Waals surface area contributed by atoms with Crippen LogP contribution in [0.2, 0.25) is 0 Å². The Morgan fingerprint density at radius 3 is 3.00 bits per heavy atom. The van der Waals surface area contributed by atoms with Gasteiger partial charge in [-0.2, -0.15) is 5.10 Å². The summed E-state index contributed by atoms with van der Waals surface area (Å²) in [6.45, 7) is 1.02. The SMILES string of the molecule is O[C@@H]1C[C@H](NC2CCCNc3ccccc32)[C@H]1n1cccn1. The molecule has 0 bridgehead atoms. The van der Waals surface area contributed by atoms with E-state index in [1.807, 2.05) is 16.9 Å². The van der Waals surface area contributed by atoms with Crippen LogP contribution in [0.1, 0.15) is 36.9 Å². The summed E-state index contributed by atoms with van der Waals surface area (Å²) >= 11 is 0. The standard InChI is InChI=1S/C17H22N4O/c22-16-11-15(17(16)21-10-4-9-19-21)20-14-7-3-8-18-13-6-2-1-5-12(13)14/h1-2,4-6,9-10,14-18,20,22H,3,7-8,11H2/t14?,15-,16+,17+/m0/s1. The highest BCUT2D eigenvalue weighted by atomic mass is 16.3. The van der Waals surface area contributed by atoms with E-state index in [2.05, 4.69) is 40.0 Å². The van der Waals surface area contributed by atoms with Crippen molar-refractivity contribution in [1.82, 2.24) is 15.1 Å². The highest BCUT2D eigenvalue weighted by Gasteiger charge is 2.42. The Morgan fingerprint density at radius 2 is 2.18 bits per heavy atom. The van der Waals surface area contributed by atoms with Gasteiger partial charge in [-0.05, 0) is 37.0 Å². The smallest absolute Gasteiger partial charge is 0.0932 e. The summed E-state index contributed by atoms with van der Waals surface area (Å²) in [6, 6.07) is 11.1. The van der Waals surface area contributed by atoms with Gasteiger partial charge < -0.3 is 15.7 Å². The number of hydrogen-bond donors (Lipinski definition) is 3. The Labute approximate surface area is 130 Å². The van der Waals surface area contributed by atoms with Crippen molar-refractivity contribution in [3.8, 4) is 0 Å². The maximum atomic E-state index is 10.1. The number of fused-ring (bicyclic) bond motifs is 1. The van der Waals surface area contributed by atoms with Gasteiger partial charge in [-0.15, -0.1) is 0 Å². The largest absolute Gasteiger partial charge is 0.391 e. The van der Waals surface area contributed by atoms with Crippen LogP contribution in [0.15, 0.2) is 42.7 Å². The predicted molar refractivity (Wildman–Crippen MR) is 85.7 cm³/mol. The molecule has 0 spiro atoms. The number of hydrogen-bond acceptors (Lipinski definition) is 4. The number of aliphatic hydroxyl groups is 1. The van der Waals surface area contributed by atoms with Crippen molar-refractivity contribution in [3.63, 3.8) is 0 Å². The lowest BCUT2D eigenvalue weighted by Gasteiger charge is -2.44. The monoisotopic (exact) mass is 298 g/mol. The molecular weight excluding hydrogens is 276 g/mol. The van der Waals surface area contributed by atoms with Crippen molar-refractivity contribution in [1.29, 1.82) is 0 Å². The molecule has 1 aliphatic carbocycles. The molecular formula is C17H22N4O. The van der Waals surface area contributed by atoms with Gasteiger partial charge in [0, 0.05) is 36.7 Å². The summed E-state index contributed by atoms with van der Waals surface area (Å²) in [5.74, 6) is 0. The van der Waals surface area contributed by atoms with Crippen molar-refractivity contribution in [2.75, 3.05) is 11.9 Å². The molecule has 1 saturated carbocycles. The Morgan fingerprint density at radius 1 is 1.27 bits per heavy atom. The number of rotatable bonds is 3. The third-order valence-electron chi connectivity index (χ3n) is 4.87. The molecule has 0 amide bonds. The maximum Gasteiger partial charge on any atom is 0.0932 e. The number of benzene rings is 1. The van der Waals surface area contributed by atoms with E-state index in [1.165, 1.54) is 11.3 Å². The average Bonchev–Trinajstić information content (AvgIpc) is 2.94. The number of aromatic nitrogens is 2. The van der Waals surface area contributed by atoms with Gasteiger partial charge in [0.2, 0.25) is 0 Å². The highest BCUT2D eigenvalue weighted by molar-refractivity contribution is 5.53. The van der Waals surface area contributed by atoms with Crippen molar-refractivity contribution in [2.45, 2.75) is 43.5 Å². The first-order chi connectivity index (χ1) is 10.8. The summed E-state index contributed by atoms with van der Waals surface area (Å²) in [6.07, 6.45) is 6.45. The molecule has 2 aliphatic rings. The first-order valence-electron chi connectivity index (χ1n) is 8.09. The minimum atomic E-state index is -0.309. The van der Waals surface area contributed by atoms with Gasteiger partial charge in [-0.1, -0.05) is 18.2 Å². The molecule has 1 aliphatic heterocycles. The Hall–Kier alpha value is -1.85. The van der Waals surface area contributed by atoms with Crippen LogP contribution in [0, 0.1) is 0 Å². The van der Waals surface area contributed by atoms with Gasteiger partial charge in [0.15, 0.2) is 0 Å². The molecule has 0 saturated heterocycles. The summed E-state index contributed by atoms with van der Waals surface area (Å²) in [5, 5.41) is 21.7. The molecule has 0 radical (unpaired) electrons. The normalized spacial score (nSPS) is 30.8. The van der Waals surface area contributed by atoms with Crippen LogP contribution < -0.4 is 10.6 Å². The Bertz CT molecular complexity index is 627. The molecule has 3 N–H and O–H groups in total. The molecule has 4 atom stereocenters. The maximum absolute atomic E-state index is 10.1. The molecule has 22 heavy (non-hydrogen) atoms. The first kappa shape index (κ1) is 13.8. The Kier molecular flexibility index (Phi) is 3.60. The average molecular weight is 298 g/mol.